The Morgan fingerprint density at radius 2 is 1.00 bits per heavy atom. The first-order valence-corrected chi connectivity index (χ1v) is 10.2. The molecule has 2 rings (SSSR count). The van der Waals surface area contributed by atoms with Crippen molar-refractivity contribution in [2.24, 2.45) is 0 Å². The molecule has 0 aromatic carbocycles. The van der Waals surface area contributed by atoms with Gasteiger partial charge in [0.15, 0.2) is 0 Å². The van der Waals surface area contributed by atoms with Crippen LogP contribution in [0.15, 0.2) is 22.3 Å². The summed E-state index contributed by atoms with van der Waals surface area (Å²) in [5, 5.41) is 3.20. The number of hydrogen-bond donors (Lipinski definition) is 0. The third-order valence-electron chi connectivity index (χ3n) is 4.94. The van der Waals surface area contributed by atoms with Crippen molar-refractivity contribution in [1.29, 1.82) is 0 Å². The van der Waals surface area contributed by atoms with Gasteiger partial charge in [0.05, 0.1) is 0 Å². The molecule has 2 aliphatic rings. The van der Waals surface area contributed by atoms with Crippen molar-refractivity contribution in [3.63, 3.8) is 0 Å². The standard InChI is InChI=1S/2C8H12P.ClH.Ti/c2*1-5-6(2)8(4)9-7(5)3;;/h2*1-4H3;1H;. The van der Waals surface area contributed by atoms with Gasteiger partial charge in [0.25, 0.3) is 0 Å². The van der Waals surface area contributed by atoms with Gasteiger partial charge >= 0.3 is 131 Å². The SMILES string of the molecule is CC1=P[C](C)([Ti][C]2(C)P=C(C)C(C)=C2C)C(C)=C1C.Cl. The first-order valence-electron chi connectivity index (χ1n) is 6.89. The summed E-state index contributed by atoms with van der Waals surface area (Å²) >= 11 is -0.0828. The van der Waals surface area contributed by atoms with Crippen molar-refractivity contribution in [3.05, 3.63) is 22.3 Å². The smallest absolute Gasteiger partial charge is 0.147 e. The van der Waals surface area contributed by atoms with Crippen LogP contribution in [0.4, 0.5) is 0 Å². The molecule has 2 aliphatic heterocycles. The first kappa shape index (κ1) is 18.9. The molecular weight excluding hydrogens is 337 g/mol. The van der Waals surface area contributed by atoms with E-state index in [4.69, 9.17) is 0 Å². The minimum atomic E-state index is -0.0828. The molecule has 0 nitrogen and oxygen atoms in total. The molecule has 0 aromatic rings. The molecule has 0 radical (unpaired) electrons. The van der Waals surface area contributed by atoms with Gasteiger partial charge < -0.3 is 0 Å². The Kier molecular flexibility index (Phi) is 5.79. The number of halogens is 1. The van der Waals surface area contributed by atoms with Gasteiger partial charge in [0.1, 0.15) is 0 Å². The summed E-state index contributed by atoms with van der Waals surface area (Å²) in [6.45, 7) is 19.0. The molecule has 0 spiro atoms. The van der Waals surface area contributed by atoms with E-state index in [0.29, 0.717) is 6.92 Å². The van der Waals surface area contributed by atoms with Crippen molar-refractivity contribution in [3.8, 4) is 0 Å². The molecule has 2 heterocycles. The van der Waals surface area contributed by atoms with E-state index in [9.17, 15) is 0 Å². The Balaban J connectivity index is 0.00000200. The molecular formula is C16H25ClP2Ti. The summed E-state index contributed by atoms with van der Waals surface area (Å²) < 4.78 is 0.921. The van der Waals surface area contributed by atoms with E-state index in [-0.39, 0.29) is 31.6 Å². The topological polar surface area (TPSA) is 0 Å². The molecule has 110 valence electrons. The van der Waals surface area contributed by atoms with Gasteiger partial charge in [0.2, 0.25) is 0 Å². The molecule has 0 aromatic heterocycles. The quantitative estimate of drug-likeness (QED) is 0.424. The largest absolute Gasteiger partial charge is 0.147 e. The van der Waals surface area contributed by atoms with Crippen LogP contribution in [0.5, 0.6) is 0 Å². The third-order valence-corrected chi connectivity index (χ3v) is 12.5. The summed E-state index contributed by atoms with van der Waals surface area (Å²) in [4.78, 5) is 0. The zero-order valence-corrected chi connectivity index (χ0v) is 18.0. The van der Waals surface area contributed by atoms with Gasteiger partial charge in [-0.2, -0.15) is 0 Å². The van der Waals surface area contributed by atoms with Crippen LogP contribution in [0.1, 0.15) is 55.4 Å². The van der Waals surface area contributed by atoms with Crippen LogP contribution in [0.25, 0.3) is 0 Å². The average Bonchev–Trinajstić information content (AvgIpc) is 2.61. The fourth-order valence-electron chi connectivity index (χ4n) is 3.00. The Hall–Kier alpha value is 0.824. The van der Waals surface area contributed by atoms with Gasteiger partial charge in [-0.1, -0.05) is 0 Å². The predicted molar refractivity (Wildman–Crippen MR) is 96.0 cm³/mol. The second kappa shape index (κ2) is 6.14. The normalized spacial score (nSPS) is 34.8. The zero-order chi connectivity index (χ0) is 14.6. The summed E-state index contributed by atoms with van der Waals surface area (Å²) in [7, 11) is 3.17. The number of rotatable bonds is 2. The maximum absolute atomic E-state index is 2.51. The summed E-state index contributed by atoms with van der Waals surface area (Å²) in [6.07, 6.45) is 0. The van der Waals surface area contributed by atoms with Crippen molar-refractivity contribution in [2.45, 2.75) is 62.3 Å². The number of hydrogen-bond acceptors (Lipinski definition) is 0. The van der Waals surface area contributed by atoms with Crippen LogP contribution < -0.4 is 0 Å². The van der Waals surface area contributed by atoms with E-state index >= 15 is 0 Å². The summed E-state index contributed by atoms with van der Waals surface area (Å²) in [5.41, 5.74) is 6.48. The molecule has 4 heteroatoms. The minimum Gasteiger partial charge on any atom is -0.147 e. The van der Waals surface area contributed by atoms with Crippen molar-refractivity contribution in [2.75, 3.05) is 0 Å². The average molecular weight is 363 g/mol. The van der Waals surface area contributed by atoms with E-state index < -0.39 is 0 Å². The first-order chi connectivity index (χ1) is 8.61. The Morgan fingerprint density at radius 1 is 0.700 bits per heavy atom. The summed E-state index contributed by atoms with van der Waals surface area (Å²) in [6, 6.07) is 0. The van der Waals surface area contributed by atoms with Gasteiger partial charge in [-0.25, -0.2) is 0 Å². The molecule has 0 N–H and O–H groups in total. The van der Waals surface area contributed by atoms with Crippen LogP contribution in [-0.2, 0) is 19.2 Å². The molecule has 0 aliphatic carbocycles. The number of allylic oxidation sites excluding steroid dienone is 4. The van der Waals surface area contributed by atoms with Gasteiger partial charge in [-0.3, -0.25) is 0 Å². The van der Waals surface area contributed by atoms with E-state index in [0.717, 1.165) is 0 Å². The van der Waals surface area contributed by atoms with Crippen molar-refractivity contribution < 1.29 is 19.2 Å². The monoisotopic (exact) mass is 362 g/mol. The second-order valence-electron chi connectivity index (χ2n) is 6.16. The molecule has 2 unspecified atom stereocenters. The molecule has 0 saturated heterocycles. The molecule has 0 fully saturated rings. The van der Waals surface area contributed by atoms with E-state index in [2.05, 4.69) is 55.4 Å². The van der Waals surface area contributed by atoms with Gasteiger partial charge in [-0.05, 0) is 0 Å². The van der Waals surface area contributed by atoms with Crippen LogP contribution >= 0.6 is 28.8 Å². The predicted octanol–water partition coefficient (Wildman–Crippen LogP) is 5.90. The van der Waals surface area contributed by atoms with Crippen molar-refractivity contribution in [1.82, 2.24) is 0 Å². The third kappa shape index (κ3) is 2.98. The van der Waals surface area contributed by atoms with Gasteiger partial charge in [0, 0.05) is 0 Å². The van der Waals surface area contributed by atoms with E-state index in [1.165, 1.54) is 0 Å². The van der Waals surface area contributed by atoms with Crippen LogP contribution in [0.2, 0.25) is 0 Å². The Bertz CT molecular complexity index is 521. The minimum absolute atomic E-state index is 0. The van der Waals surface area contributed by atoms with Crippen molar-refractivity contribution >= 4 is 39.4 Å². The Labute approximate surface area is 142 Å². The second-order valence-corrected chi connectivity index (χ2v) is 14.6. The fraction of sp³-hybridized carbons (Fsp3) is 0.625. The maximum Gasteiger partial charge on any atom is -0.147 e. The molecule has 0 bridgehead atoms. The Morgan fingerprint density at radius 3 is 1.20 bits per heavy atom. The molecule has 20 heavy (non-hydrogen) atoms. The molecule has 0 amide bonds. The van der Waals surface area contributed by atoms with E-state index in [1.54, 1.807) is 49.3 Å². The maximum atomic E-state index is 2.51. The van der Waals surface area contributed by atoms with Crippen LogP contribution in [0.3, 0.4) is 0 Å². The van der Waals surface area contributed by atoms with Crippen LogP contribution in [-0.4, -0.2) is 17.5 Å². The van der Waals surface area contributed by atoms with Crippen LogP contribution in [0, 0.1) is 0 Å². The molecule has 2 atom stereocenters. The molecule has 0 saturated carbocycles. The van der Waals surface area contributed by atoms with E-state index in [1.807, 2.05) is 0 Å². The van der Waals surface area contributed by atoms with Gasteiger partial charge in [-0.15, -0.1) is 12.4 Å². The summed E-state index contributed by atoms with van der Waals surface area (Å²) in [5.74, 6) is 0. The fourth-order valence-corrected chi connectivity index (χ4v) is 12.7. The zero-order valence-electron chi connectivity index (χ0n) is 13.8.